The van der Waals surface area contributed by atoms with Gasteiger partial charge in [0.15, 0.2) is 0 Å². The van der Waals surface area contributed by atoms with Crippen molar-refractivity contribution in [3.8, 4) is 0 Å². The van der Waals surface area contributed by atoms with Gasteiger partial charge in [-0.05, 0) is 37.9 Å². The maximum Gasteiger partial charge on any atom is 0.0101 e. The molecule has 2 aromatic rings. The molecule has 2 N–H and O–H groups in total. The molecule has 1 heteroatoms. The summed E-state index contributed by atoms with van der Waals surface area (Å²) in [5.74, 6) is 0.412. The van der Waals surface area contributed by atoms with E-state index >= 15 is 0 Å². The van der Waals surface area contributed by atoms with Gasteiger partial charge in [0.25, 0.3) is 0 Å². The van der Waals surface area contributed by atoms with Crippen molar-refractivity contribution < 1.29 is 0 Å². The van der Waals surface area contributed by atoms with Crippen molar-refractivity contribution in [2.24, 2.45) is 5.73 Å². The average Bonchev–Trinajstić information content (AvgIpc) is 2.65. The molecule has 0 aliphatic heterocycles. The van der Waals surface area contributed by atoms with Gasteiger partial charge in [0.1, 0.15) is 0 Å². The Balaban J connectivity index is 0. The minimum absolute atomic E-state index is 0.412. The second-order valence-electron chi connectivity index (χ2n) is 4.96. The van der Waals surface area contributed by atoms with Crippen molar-refractivity contribution in [3.63, 3.8) is 0 Å². The van der Waals surface area contributed by atoms with Crippen LogP contribution in [0.5, 0.6) is 0 Å². The first kappa shape index (κ1) is 24.6. The fraction of sp³-hybridized carbons (Fsp3) is 0.478. The minimum Gasteiger partial charge on any atom is -0.330 e. The third-order valence-electron chi connectivity index (χ3n) is 3.34. The second-order valence-corrected chi connectivity index (χ2v) is 4.96. The number of aryl methyl sites for hydroxylation is 2. The van der Waals surface area contributed by atoms with Crippen molar-refractivity contribution in [2.75, 3.05) is 6.54 Å². The summed E-state index contributed by atoms with van der Waals surface area (Å²) in [4.78, 5) is 0. The highest BCUT2D eigenvalue weighted by Crippen LogP contribution is 2.28. The first-order chi connectivity index (χ1) is 11.7. The number of nitrogens with two attached hydrogens (primary N) is 1. The molecule has 0 radical (unpaired) electrons. The minimum atomic E-state index is 0.412. The molecule has 24 heavy (non-hydrogen) atoms. The van der Waals surface area contributed by atoms with Crippen LogP contribution >= 0.6 is 0 Å². The van der Waals surface area contributed by atoms with Gasteiger partial charge in [0.2, 0.25) is 0 Å². The van der Waals surface area contributed by atoms with Gasteiger partial charge in [-0.25, -0.2) is 0 Å². The predicted octanol–water partition coefficient (Wildman–Crippen LogP) is 6.86. The highest BCUT2D eigenvalue weighted by Gasteiger charge is 2.13. The second kappa shape index (κ2) is 16.3. The Morgan fingerprint density at radius 3 is 1.38 bits per heavy atom. The quantitative estimate of drug-likeness (QED) is 0.651. The standard InChI is InChI=1S/C17H21N.3C2H6/c1-13-5-3-7-15(11-13)17(9-10-18)16-8-4-6-14(2)12-16;3*1-2/h3-8,11-12,17H,9-10,18H2,1-2H3;3*1-2H3. The fourth-order valence-electron chi connectivity index (χ4n) is 2.47. The zero-order chi connectivity index (χ0) is 19.0. The summed E-state index contributed by atoms with van der Waals surface area (Å²) in [6.45, 7) is 17.0. The van der Waals surface area contributed by atoms with Crippen LogP contribution in [0.1, 0.15) is 76.1 Å². The lowest BCUT2D eigenvalue weighted by molar-refractivity contribution is 0.725. The van der Waals surface area contributed by atoms with E-state index in [0.29, 0.717) is 12.5 Å². The Kier molecular flexibility index (Phi) is 16.7. The maximum atomic E-state index is 5.78. The van der Waals surface area contributed by atoms with E-state index in [0.717, 1.165) is 6.42 Å². The molecule has 0 heterocycles. The zero-order valence-electron chi connectivity index (χ0n) is 17.2. The molecule has 0 atom stereocenters. The third kappa shape index (κ3) is 8.88. The molecular weight excluding hydrogens is 290 g/mol. The summed E-state index contributed by atoms with van der Waals surface area (Å²) in [6.07, 6.45) is 0.993. The van der Waals surface area contributed by atoms with E-state index in [4.69, 9.17) is 5.73 Å². The van der Waals surface area contributed by atoms with Crippen LogP contribution in [-0.4, -0.2) is 6.54 Å². The van der Waals surface area contributed by atoms with Crippen LogP contribution in [0.15, 0.2) is 48.5 Å². The summed E-state index contributed by atoms with van der Waals surface area (Å²) >= 11 is 0. The Labute approximate surface area is 151 Å². The van der Waals surface area contributed by atoms with Crippen molar-refractivity contribution in [1.29, 1.82) is 0 Å². The maximum absolute atomic E-state index is 5.78. The van der Waals surface area contributed by atoms with E-state index in [1.165, 1.54) is 22.3 Å². The largest absolute Gasteiger partial charge is 0.330 e. The molecule has 0 amide bonds. The van der Waals surface area contributed by atoms with Gasteiger partial charge in [-0.1, -0.05) is 101 Å². The summed E-state index contributed by atoms with van der Waals surface area (Å²) < 4.78 is 0. The Hall–Kier alpha value is -1.60. The van der Waals surface area contributed by atoms with E-state index in [9.17, 15) is 0 Å². The molecular formula is C23H39N. The van der Waals surface area contributed by atoms with Gasteiger partial charge in [-0.15, -0.1) is 0 Å². The highest BCUT2D eigenvalue weighted by molar-refractivity contribution is 5.36. The molecule has 1 nitrogen and oxygen atoms in total. The summed E-state index contributed by atoms with van der Waals surface area (Å²) in [5, 5.41) is 0. The Bertz CT molecular complexity index is 471. The first-order valence-electron chi connectivity index (χ1n) is 9.54. The number of hydrogen-bond donors (Lipinski definition) is 1. The van der Waals surface area contributed by atoms with Gasteiger partial charge >= 0.3 is 0 Å². The molecule has 0 aliphatic rings. The Morgan fingerprint density at radius 2 is 1.08 bits per heavy atom. The average molecular weight is 330 g/mol. The summed E-state index contributed by atoms with van der Waals surface area (Å²) in [5.41, 5.74) is 11.1. The first-order valence-corrected chi connectivity index (χ1v) is 9.54. The molecule has 2 aromatic carbocycles. The van der Waals surface area contributed by atoms with Gasteiger partial charge in [0, 0.05) is 5.92 Å². The third-order valence-corrected chi connectivity index (χ3v) is 3.34. The number of benzene rings is 2. The molecule has 2 rings (SSSR count). The summed E-state index contributed by atoms with van der Waals surface area (Å²) in [6, 6.07) is 17.5. The lowest BCUT2D eigenvalue weighted by atomic mass is 9.87. The van der Waals surface area contributed by atoms with E-state index in [2.05, 4.69) is 62.4 Å². The normalized spacial score (nSPS) is 8.92. The molecule has 0 unspecified atom stereocenters. The number of hydrogen-bond acceptors (Lipinski definition) is 1. The van der Waals surface area contributed by atoms with Crippen LogP contribution < -0.4 is 5.73 Å². The van der Waals surface area contributed by atoms with E-state index in [1.54, 1.807) is 0 Å². The molecule has 0 spiro atoms. The molecule has 0 aliphatic carbocycles. The van der Waals surface area contributed by atoms with Crippen LogP contribution in [0, 0.1) is 13.8 Å². The SMILES string of the molecule is CC.CC.CC.Cc1cccc(C(CCN)c2cccc(C)c2)c1. The highest BCUT2D eigenvalue weighted by atomic mass is 14.5. The summed E-state index contributed by atoms with van der Waals surface area (Å²) in [7, 11) is 0. The molecule has 0 aromatic heterocycles. The molecule has 0 saturated carbocycles. The van der Waals surface area contributed by atoms with Gasteiger partial charge in [-0.3, -0.25) is 0 Å². The topological polar surface area (TPSA) is 26.0 Å². The van der Waals surface area contributed by atoms with Crippen LogP contribution in [0.3, 0.4) is 0 Å². The number of rotatable bonds is 4. The van der Waals surface area contributed by atoms with Gasteiger partial charge < -0.3 is 5.73 Å². The van der Waals surface area contributed by atoms with Crippen LogP contribution in [-0.2, 0) is 0 Å². The van der Waals surface area contributed by atoms with Crippen LogP contribution in [0.25, 0.3) is 0 Å². The van der Waals surface area contributed by atoms with Crippen molar-refractivity contribution in [2.45, 2.75) is 67.7 Å². The van der Waals surface area contributed by atoms with E-state index in [1.807, 2.05) is 41.5 Å². The monoisotopic (exact) mass is 329 g/mol. The fourth-order valence-corrected chi connectivity index (χ4v) is 2.47. The van der Waals surface area contributed by atoms with Gasteiger partial charge in [-0.2, -0.15) is 0 Å². The molecule has 136 valence electrons. The predicted molar refractivity (Wildman–Crippen MR) is 112 cm³/mol. The molecule has 0 bridgehead atoms. The smallest absolute Gasteiger partial charge is 0.0101 e. The lowest BCUT2D eigenvalue weighted by Crippen LogP contribution is -2.09. The van der Waals surface area contributed by atoms with Crippen molar-refractivity contribution in [1.82, 2.24) is 0 Å². The van der Waals surface area contributed by atoms with E-state index < -0.39 is 0 Å². The molecule has 0 fully saturated rings. The van der Waals surface area contributed by atoms with Crippen LogP contribution in [0.4, 0.5) is 0 Å². The lowest BCUT2D eigenvalue weighted by Gasteiger charge is -2.18. The Morgan fingerprint density at radius 1 is 0.708 bits per heavy atom. The molecule has 0 saturated heterocycles. The van der Waals surface area contributed by atoms with Gasteiger partial charge in [0.05, 0.1) is 0 Å². The van der Waals surface area contributed by atoms with Crippen molar-refractivity contribution in [3.05, 3.63) is 70.8 Å². The zero-order valence-corrected chi connectivity index (χ0v) is 17.2. The van der Waals surface area contributed by atoms with Crippen LogP contribution in [0.2, 0.25) is 0 Å². The van der Waals surface area contributed by atoms with E-state index in [-0.39, 0.29) is 0 Å². The van der Waals surface area contributed by atoms with Crippen molar-refractivity contribution >= 4 is 0 Å².